The van der Waals surface area contributed by atoms with Gasteiger partial charge in [0.25, 0.3) is 5.91 Å². The number of benzene rings is 1. The van der Waals surface area contributed by atoms with Gasteiger partial charge in [-0.05, 0) is 70.9 Å². The van der Waals surface area contributed by atoms with Crippen molar-refractivity contribution in [3.63, 3.8) is 0 Å². The molecule has 2 aromatic rings. The molecule has 1 aliphatic rings. The molecule has 5 nitrogen and oxygen atoms in total. The van der Waals surface area contributed by atoms with Gasteiger partial charge in [-0.2, -0.15) is 0 Å². The molecule has 1 aromatic carbocycles. The number of amides is 2. The van der Waals surface area contributed by atoms with Crippen LogP contribution in [0.25, 0.3) is 5.69 Å². The summed E-state index contributed by atoms with van der Waals surface area (Å²) in [6.45, 7) is 9.12. The number of likely N-dealkylation sites (tertiary alicyclic amines) is 1. The van der Waals surface area contributed by atoms with Crippen LogP contribution in [0.5, 0.6) is 0 Å². The highest BCUT2D eigenvalue weighted by Crippen LogP contribution is 2.25. The summed E-state index contributed by atoms with van der Waals surface area (Å²) in [4.78, 5) is 27.2. The Morgan fingerprint density at radius 2 is 1.71 bits per heavy atom. The highest BCUT2D eigenvalue weighted by Gasteiger charge is 2.29. The Morgan fingerprint density at radius 1 is 1.11 bits per heavy atom. The summed E-state index contributed by atoms with van der Waals surface area (Å²) in [5.74, 6) is 0.131. The zero-order valence-electron chi connectivity index (χ0n) is 17.0. The summed E-state index contributed by atoms with van der Waals surface area (Å²) >= 11 is 6.00. The van der Waals surface area contributed by atoms with Crippen LogP contribution in [0.15, 0.2) is 30.3 Å². The largest absolute Gasteiger partial charge is 0.354 e. The fourth-order valence-electron chi connectivity index (χ4n) is 3.88. The van der Waals surface area contributed by atoms with E-state index in [0.29, 0.717) is 31.0 Å². The van der Waals surface area contributed by atoms with E-state index in [1.165, 1.54) is 0 Å². The molecule has 0 spiro atoms. The second-order valence-electron chi connectivity index (χ2n) is 7.83. The molecular weight excluding hydrogens is 374 g/mol. The van der Waals surface area contributed by atoms with E-state index in [-0.39, 0.29) is 23.8 Å². The molecule has 0 bridgehead atoms. The molecule has 2 amide bonds. The van der Waals surface area contributed by atoms with Crippen LogP contribution in [0.2, 0.25) is 5.02 Å². The molecule has 1 aromatic heterocycles. The van der Waals surface area contributed by atoms with Gasteiger partial charge in [0.1, 0.15) is 0 Å². The SMILES string of the molecule is Cc1cc(C(=O)N2CCC(C(=O)NC(C)C)CC2)c(C)n1-c1ccc(Cl)cc1. The number of nitrogens with one attached hydrogen (secondary N) is 1. The number of hydrogen-bond acceptors (Lipinski definition) is 2. The van der Waals surface area contributed by atoms with Crippen LogP contribution >= 0.6 is 11.6 Å². The third-order valence-corrected chi connectivity index (χ3v) is 5.58. The van der Waals surface area contributed by atoms with Crippen LogP contribution in [0.4, 0.5) is 0 Å². The van der Waals surface area contributed by atoms with Crippen LogP contribution in [-0.4, -0.2) is 40.4 Å². The van der Waals surface area contributed by atoms with Gasteiger partial charge in [0.15, 0.2) is 0 Å². The summed E-state index contributed by atoms with van der Waals surface area (Å²) in [5.41, 5.74) is 3.64. The first-order valence-corrected chi connectivity index (χ1v) is 10.2. The van der Waals surface area contributed by atoms with Gasteiger partial charge < -0.3 is 14.8 Å². The van der Waals surface area contributed by atoms with E-state index in [4.69, 9.17) is 11.6 Å². The van der Waals surface area contributed by atoms with E-state index in [0.717, 1.165) is 22.6 Å². The molecule has 1 aliphatic heterocycles. The number of piperidine rings is 1. The molecule has 0 unspecified atom stereocenters. The summed E-state index contributed by atoms with van der Waals surface area (Å²) in [6, 6.07) is 9.70. The number of nitrogens with zero attached hydrogens (tertiary/aromatic N) is 2. The molecule has 0 saturated carbocycles. The zero-order valence-corrected chi connectivity index (χ0v) is 17.7. The maximum absolute atomic E-state index is 13.1. The molecule has 1 N–H and O–H groups in total. The average Bonchev–Trinajstić information content (AvgIpc) is 2.96. The van der Waals surface area contributed by atoms with Gasteiger partial charge in [-0.15, -0.1) is 0 Å². The number of rotatable bonds is 4. The standard InChI is InChI=1S/C22H28ClN3O2/c1-14(2)24-21(27)17-9-11-25(12-10-17)22(28)20-13-15(3)26(16(20)4)19-7-5-18(23)6-8-19/h5-8,13-14,17H,9-12H2,1-4H3,(H,24,27). The average molecular weight is 402 g/mol. The Labute approximate surface area is 171 Å². The number of carbonyl (C=O) groups excluding carboxylic acids is 2. The maximum atomic E-state index is 13.1. The normalized spacial score (nSPS) is 15.1. The fraction of sp³-hybridized carbons (Fsp3) is 0.455. The van der Waals surface area contributed by atoms with Gasteiger partial charge in [-0.1, -0.05) is 11.6 Å². The van der Waals surface area contributed by atoms with Gasteiger partial charge >= 0.3 is 0 Å². The smallest absolute Gasteiger partial charge is 0.255 e. The van der Waals surface area contributed by atoms with Gasteiger partial charge in [0.2, 0.25) is 5.91 Å². The summed E-state index contributed by atoms with van der Waals surface area (Å²) in [5, 5.41) is 3.66. The van der Waals surface area contributed by atoms with E-state index in [9.17, 15) is 9.59 Å². The second-order valence-corrected chi connectivity index (χ2v) is 8.26. The van der Waals surface area contributed by atoms with Crippen molar-refractivity contribution in [2.45, 2.75) is 46.6 Å². The molecule has 2 heterocycles. The number of carbonyl (C=O) groups is 2. The predicted molar refractivity (Wildman–Crippen MR) is 112 cm³/mol. The first-order valence-electron chi connectivity index (χ1n) is 9.82. The Bertz CT molecular complexity index is 863. The molecule has 1 saturated heterocycles. The lowest BCUT2D eigenvalue weighted by Crippen LogP contribution is -2.44. The van der Waals surface area contributed by atoms with E-state index in [1.807, 2.05) is 62.9 Å². The van der Waals surface area contributed by atoms with E-state index >= 15 is 0 Å². The second kappa shape index (κ2) is 8.39. The zero-order chi connectivity index (χ0) is 20.4. The monoisotopic (exact) mass is 401 g/mol. The molecule has 150 valence electrons. The molecule has 6 heteroatoms. The van der Waals surface area contributed by atoms with Crippen molar-refractivity contribution < 1.29 is 9.59 Å². The predicted octanol–water partition coefficient (Wildman–Crippen LogP) is 4.12. The minimum absolute atomic E-state index is 0.00653. The minimum atomic E-state index is -0.00653. The van der Waals surface area contributed by atoms with Crippen LogP contribution in [0, 0.1) is 19.8 Å². The molecule has 0 atom stereocenters. The van der Waals surface area contributed by atoms with E-state index < -0.39 is 0 Å². The van der Waals surface area contributed by atoms with Gasteiger partial charge in [-0.25, -0.2) is 0 Å². The number of halogens is 1. The molecule has 3 rings (SSSR count). The van der Waals surface area contributed by atoms with Crippen molar-refractivity contribution in [1.29, 1.82) is 0 Å². The van der Waals surface area contributed by atoms with Crippen LogP contribution < -0.4 is 5.32 Å². The van der Waals surface area contributed by atoms with Crippen LogP contribution in [0.3, 0.4) is 0 Å². The van der Waals surface area contributed by atoms with E-state index in [1.54, 1.807) is 0 Å². The Hall–Kier alpha value is -2.27. The highest BCUT2D eigenvalue weighted by atomic mass is 35.5. The number of aryl methyl sites for hydroxylation is 1. The van der Waals surface area contributed by atoms with Gasteiger partial charge in [0, 0.05) is 47.1 Å². The van der Waals surface area contributed by atoms with Gasteiger partial charge in [-0.3, -0.25) is 9.59 Å². The maximum Gasteiger partial charge on any atom is 0.255 e. The van der Waals surface area contributed by atoms with Crippen molar-refractivity contribution >= 4 is 23.4 Å². The van der Waals surface area contributed by atoms with Crippen molar-refractivity contribution in [3.05, 3.63) is 52.3 Å². The summed E-state index contributed by atoms with van der Waals surface area (Å²) in [6.07, 6.45) is 1.42. The molecule has 1 fully saturated rings. The topological polar surface area (TPSA) is 54.3 Å². The Balaban J connectivity index is 1.73. The van der Waals surface area contributed by atoms with Crippen molar-refractivity contribution in [3.8, 4) is 5.69 Å². The van der Waals surface area contributed by atoms with Crippen molar-refractivity contribution in [2.24, 2.45) is 5.92 Å². The van der Waals surface area contributed by atoms with E-state index in [2.05, 4.69) is 9.88 Å². The molecule has 0 radical (unpaired) electrons. The Morgan fingerprint density at radius 3 is 2.29 bits per heavy atom. The minimum Gasteiger partial charge on any atom is -0.354 e. The molecular formula is C22H28ClN3O2. The quantitative estimate of drug-likeness (QED) is 0.837. The third kappa shape index (κ3) is 4.25. The van der Waals surface area contributed by atoms with Gasteiger partial charge in [0.05, 0.1) is 5.56 Å². The molecule has 28 heavy (non-hydrogen) atoms. The number of aromatic nitrogens is 1. The Kier molecular flexibility index (Phi) is 6.14. The fourth-order valence-corrected chi connectivity index (χ4v) is 4.01. The summed E-state index contributed by atoms with van der Waals surface area (Å²) < 4.78 is 2.08. The number of hydrogen-bond donors (Lipinski definition) is 1. The van der Waals surface area contributed by atoms with Crippen molar-refractivity contribution in [1.82, 2.24) is 14.8 Å². The summed E-state index contributed by atoms with van der Waals surface area (Å²) in [7, 11) is 0. The van der Waals surface area contributed by atoms with Crippen LogP contribution in [0.1, 0.15) is 48.4 Å². The molecule has 0 aliphatic carbocycles. The lowest BCUT2D eigenvalue weighted by atomic mass is 9.95. The van der Waals surface area contributed by atoms with Crippen molar-refractivity contribution in [2.75, 3.05) is 13.1 Å². The lowest BCUT2D eigenvalue weighted by Gasteiger charge is -2.31. The first-order chi connectivity index (χ1) is 13.3. The third-order valence-electron chi connectivity index (χ3n) is 5.33. The highest BCUT2D eigenvalue weighted by molar-refractivity contribution is 6.30. The first kappa shape index (κ1) is 20.5. The lowest BCUT2D eigenvalue weighted by molar-refractivity contribution is -0.126. The van der Waals surface area contributed by atoms with Crippen LogP contribution in [-0.2, 0) is 4.79 Å².